The molecule has 4 aromatic rings. The van der Waals surface area contributed by atoms with E-state index in [4.69, 9.17) is 0 Å². The van der Waals surface area contributed by atoms with Crippen molar-refractivity contribution in [1.29, 1.82) is 0 Å². The van der Waals surface area contributed by atoms with Crippen LogP contribution in [0.5, 0.6) is 0 Å². The number of fused-ring (bicyclic) bond motifs is 1. The van der Waals surface area contributed by atoms with Gasteiger partial charge in [-0.2, -0.15) is 0 Å². The number of likely N-dealkylation sites (N-methyl/N-ethyl adjacent to an activating group) is 1. The van der Waals surface area contributed by atoms with Crippen molar-refractivity contribution in [2.45, 2.75) is 6.42 Å². The third kappa shape index (κ3) is 3.74. The van der Waals surface area contributed by atoms with Crippen molar-refractivity contribution >= 4 is 16.8 Å². The molecule has 0 fully saturated rings. The molecule has 1 aromatic carbocycles. The Hall–Kier alpha value is -3.60. The monoisotopic (exact) mass is 368 g/mol. The van der Waals surface area contributed by atoms with Gasteiger partial charge < -0.3 is 4.90 Å². The summed E-state index contributed by atoms with van der Waals surface area (Å²) in [5, 5.41) is 0.914. The Balaban J connectivity index is 1.65. The van der Waals surface area contributed by atoms with E-state index in [9.17, 15) is 4.79 Å². The van der Waals surface area contributed by atoms with E-state index >= 15 is 0 Å². The minimum absolute atomic E-state index is 0.0926. The van der Waals surface area contributed by atoms with E-state index in [1.54, 1.807) is 29.7 Å². The molecule has 4 rings (SSSR count). The van der Waals surface area contributed by atoms with E-state index in [0.29, 0.717) is 12.2 Å². The minimum Gasteiger partial charge on any atom is -0.340 e. The molecule has 0 spiro atoms. The predicted octanol–water partition coefficient (Wildman–Crippen LogP) is 4.01. The van der Waals surface area contributed by atoms with Crippen molar-refractivity contribution in [3.05, 3.63) is 90.6 Å². The first-order valence-electron chi connectivity index (χ1n) is 9.17. The van der Waals surface area contributed by atoms with Crippen LogP contribution in [0.25, 0.3) is 22.0 Å². The van der Waals surface area contributed by atoms with Gasteiger partial charge in [-0.25, -0.2) is 4.98 Å². The third-order valence-corrected chi connectivity index (χ3v) is 4.75. The van der Waals surface area contributed by atoms with Gasteiger partial charge in [0, 0.05) is 43.8 Å². The molecule has 0 aliphatic heterocycles. The molecular formula is C23H20N4O. The number of amides is 1. The first kappa shape index (κ1) is 17.8. The maximum atomic E-state index is 13.0. The van der Waals surface area contributed by atoms with E-state index in [0.717, 1.165) is 28.5 Å². The standard InChI is InChI=1S/C23H20N4O/c1-27(14-10-17-5-3-2-4-6-17)23(28)22-15-19(18-7-11-24-12-8-18)20-16-25-13-9-21(20)26-22/h2-9,11-13,15-16H,10,14H2,1H3. The summed E-state index contributed by atoms with van der Waals surface area (Å²) < 4.78 is 0. The average Bonchev–Trinajstić information content (AvgIpc) is 2.77. The maximum Gasteiger partial charge on any atom is 0.272 e. The first-order chi connectivity index (χ1) is 13.7. The number of aromatic nitrogens is 3. The van der Waals surface area contributed by atoms with Crippen LogP contribution in [0.15, 0.2) is 79.4 Å². The Labute approximate surface area is 163 Å². The Morgan fingerprint density at radius 1 is 0.964 bits per heavy atom. The minimum atomic E-state index is -0.0926. The molecule has 3 heterocycles. The molecule has 0 saturated heterocycles. The highest BCUT2D eigenvalue weighted by Crippen LogP contribution is 2.28. The summed E-state index contributed by atoms with van der Waals surface area (Å²) in [4.78, 5) is 27.6. The van der Waals surface area contributed by atoms with Crippen LogP contribution in [-0.4, -0.2) is 39.4 Å². The molecular weight excluding hydrogens is 348 g/mol. The van der Waals surface area contributed by atoms with Crippen LogP contribution >= 0.6 is 0 Å². The zero-order valence-corrected chi connectivity index (χ0v) is 15.6. The molecule has 0 bridgehead atoms. The van der Waals surface area contributed by atoms with Gasteiger partial charge in [0.2, 0.25) is 0 Å². The maximum absolute atomic E-state index is 13.0. The van der Waals surface area contributed by atoms with Crippen molar-refractivity contribution in [3.8, 4) is 11.1 Å². The van der Waals surface area contributed by atoms with Gasteiger partial charge in [-0.1, -0.05) is 30.3 Å². The number of hydrogen-bond donors (Lipinski definition) is 0. The lowest BCUT2D eigenvalue weighted by atomic mass is 10.0. The fourth-order valence-corrected chi connectivity index (χ4v) is 3.19. The molecule has 138 valence electrons. The Bertz CT molecular complexity index is 1100. The number of pyridine rings is 3. The van der Waals surface area contributed by atoms with Crippen LogP contribution in [0.2, 0.25) is 0 Å². The van der Waals surface area contributed by atoms with E-state index in [-0.39, 0.29) is 5.91 Å². The molecule has 1 amide bonds. The van der Waals surface area contributed by atoms with Gasteiger partial charge in [-0.15, -0.1) is 0 Å². The van der Waals surface area contributed by atoms with Crippen LogP contribution in [0.1, 0.15) is 16.1 Å². The summed E-state index contributed by atoms with van der Waals surface area (Å²) in [5.74, 6) is -0.0926. The fourth-order valence-electron chi connectivity index (χ4n) is 3.19. The van der Waals surface area contributed by atoms with Crippen molar-refractivity contribution < 1.29 is 4.79 Å². The van der Waals surface area contributed by atoms with Crippen molar-refractivity contribution in [3.63, 3.8) is 0 Å². The van der Waals surface area contributed by atoms with Crippen molar-refractivity contribution in [2.24, 2.45) is 0 Å². The lowest BCUT2D eigenvalue weighted by Crippen LogP contribution is -2.29. The molecule has 0 aliphatic carbocycles. The van der Waals surface area contributed by atoms with Gasteiger partial charge in [0.1, 0.15) is 5.69 Å². The summed E-state index contributed by atoms with van der Waals surface area (Å²) >= 11 is 0. The SMILES string of the molecule is CN(CCc1ccccc1)C(=O)c1cc(-c2ccncc2)c2cnccc2n1. The zero-order chi connectivity index (χ0) is 19.3. The Kier molecular flexibility index (Phi) is 5.06. The van der Waals surface area contributed by atoms with Gasteiger partial charge >= 0.3 is 0 Å². The lowest BCUT2D eigenvalue weighted by Gasteiger charge is -2.18. The summed E-state index contributed by atoms with van der Waals surface area (Å²) in [7, 11) is 1.82. The molecule has 0 radical (unpaired) electrons. The lowest BCUT2D eigenvalue weighted by molar-refractivity contribution is 0.0791. The average molecular weight is 368 g/mol. The number of hydrogen-bond acceptors (Lipinski definition) is 4. The number of nitrogens with zero attached hydrogens (tertiary/aromatic N) is 4. The van der Waals surface area contributed by atoms with Crippen molar-refractivity contribution in [2.75, 3.05) is 13.6 Å². The van der Waals surface area contributed by atoms with Crippen LogP contribution in [0, 0.1) is 0 Å². The second kappa shape index (κ2) is 7.96. The molecule has 0 atom stereocenters. The molecule has 0 unspecified atom stereocenters. The van der Waals surface area contributed by atoms with Gasteiger partial charge in [0.05, 0.1) is 5.52 Å². The van der Waals surface area contributed by atoms with Crippen molar-refractivity contribution in [1.82, 2.24) is 19.9 Å². The van der Waals surface area contributed by atoms with E-state index in [2.05, 4.69) is 27.1 Å². The summed E-state index contributed by atoms with van der Waals surface area (Å²) in [6, 6.07) is 17.7. The summed E-state index contributed by atoms with van der Waals surface area (Å²) in [6.45, 7) is 0.628. The van der Waals surface area contributed by atoms with Gasteiger partial charge in [-0.05, 0) is 47.4 Å². The largest absolute Gasteiger partial charge is 0.340 e. The molecule has 0 aliphatic rings. The summed E-state index contributed by atoms with van der Waals surface area (Å²) in [6.07, 6.45) is 7.76. The highest BCUT2D eigenvalue weighted by molar-refractivity contribution is 6.00. The first-order valence-corrected chi connectivity index (χ1v) is 9.17. The molecule has 5 nitrogen and oxygen atoms in total. The van der Waals surface area contributed by atoms with Crippen LogP contribution in [-0.2, 0) is 6.42 Å². The van der Waals surface area contributed by atoms with Gasteiger partial charge in [0.15, 0.2) is 0 Å². The van der Waals surface area contributed by atoms with E-state index in [1.165, 1.54) is 5.56 Å². The smallest absolute Gasteiger partial charge is 0.272 e. The summed E-state index contributed by atoms with van der Waals surface area (Å²) in [5.41, 5.74) is 4.30. The number of benzene rings is 1. The number of rotatable bonds is 5. The Morgan fingerprint density at radius 3 is 2.50 bits per heavy atom. The topological polar surface area (TPSA) is 59.0 Å². The third-order valence-electron chi connectivity index (χ3n) is 4.75. The van der Waals surface area contributed by atoms with Gasteiger partial charge in [-0.3, -0.25) is 14.8 Å². The molecule has 0 N–H and O–H groups in total. The number of carbonyl (C=O) groups is 1. The second-order valence-electron chi connectivity index (χ2n) is 6.65. The normalized spacial score (nSPS) is 10.8. The fraction of sp³-hybridized carbons (Fsp3) is 0.130. The molecule has 3 aromatic heterocycles. The van der Waals surface area contributed by atoms with Gasteiger partial charge in [0.25, 0.3) is 5.91 Å². The van der Waals surface area contributed by atoms with E-state index < -0.39 is 0 Å². The zero-order valence-electron chi connectivity index (χ0n) is 15.6. The highest BCUT2D eigenvalue weighted by Gasteiger charge is 2.17. The molecule has 5 heteroatoms. The molecule has 28 heavy (non-hydrogen) atoms. The van der Waals surface area contributed by atoms with E-state index in [1.807, 2.05) is 49.5 Å². The van der Waals surface area contributed by atoms with Crippen LogP contribution in [0.3, 0.4) is 0 Å². The quantitative estimate of drug-likeness (QED) is 0.534. The number of carbonyl (C=O) groups excluding carboxylic acids is 1. The second-order valence-corrected chi connectivity index (χ2v) is 6.65. The predicted molar refractivity (Wildman–Crippen MR) is 110 cm³/mol. The van der Waals surface area contributed by atoms with Crippen LogP contribution < -0.4 is 0 Å². The van der Waals surface area contributed by atoms with Crippen LogP contribution in [0.4, 0.5) is 0 Å². The highest BCUT2D eigenvalue weighted by atomic mass is 16.2. The Morgan fingerprint density at radius 2 is 1.71 bits per heavy atom. The molecule has 0 saturated carbocycles.